The van der Waals surface area contributed by atoms with Gasteiger partial charge in [0.2, 0.25) is 0 Å². The zero-order valence-electron chi connectivity index (χ0n) is 13.4. The number of hydrogen-bond acceptors (Lipinski definition) is 6. The molecular formula is C17H14N2O6S. The van der Waals surface area contributed by atoms with Gasteiger partial charge in [-0.25, -0.2) is 13.2 Å². The Hall–Kier alpha value is -3.20. The molecule has 8 nitrogen and oxygen atoms in total. The minimum absolute atomic E-state index is 0.243. The summed E-state index contributed by atoms with van der Waals surface area (Å²) in [6.45, 7) is 3.39. The van der Waals surface area contributed by atoms with Gasteiger partial charge in [0.15, 0.2) is 5.60 Å². The highest BCUT2D eigenvalue weighted by atomic mass is 32.2. The number of nitro groups is 1. The first-order valence-corrected chi connectivity index (χ1v) is 8.93. The average Bonchev–Trinajstić information content (AvgIpc) is 3.01. The van der Waals surface area contributed by atoms with Crippen LogP contribution in [0.25, 0.3) is 0 Å². The first kappa shape index (κ1) is 17.6. The van der Waals surface area contributed by atoms with Crippen LogP contribution in [0, 0.1) is 10.1 Å². The predicted octanol–water partition coefficient (Wildman–Crippen LogP) is 2.82. The number of hydrogen-bond donors (Lipinski definition) is 0. The molecule has 26 heavy (non-hydrogen) atoms. The number of cyclic esters (lactones) is 1. The van der Waals surface area contributed by atoms with Crippen molar-refractivity contribution in [3.8, 4) is 0 Å². The molecule has 0 aliphatic carbocycles. The molecular weight excluding hydrogens is 360 g/mol. The molecule has 1 saturated heterocycles. The summed E-state index contributed by atoms with van der Waals surface area (Å²) in [4.78, 5) is 22.1. The Labute approximate surface area is 149 Å². The molecule has 0 aromatic heterocycles. The quantitative estimate of drug-likeness (QED) is 0.452. The van der Waals surface area contributed by atoms with Crippen molar-refractivity contribution in [3.63, 3.8) is 0 Å². The number of nitro benzene ring substituents is 1. The van der Waals surface area contributed by atoms with Crippen molar-refractivity contribution in [2.75, 3.05) is 6.54 Å². The lowest BCUT2D eigenvalue weighted by atomic mass is 9.94. The third-order valence-corrected chi connectivity index (χ3v) is 5.81. The lowest BCUT2D eigenvalue weighted by molar-refractivity contribution is -0.384. The van der Waals surface area contributed by atoms with Crippen LogP contribution in [0.2, 0.25) is 0 Å². The minimum atomic E-state index is -4.23. The number of carbonyl (C=O) groups is 1. The van der Waals surface area contributed by atoms with Crippen molar-refractivity contribution in [3.05, 3.63) is 82.9 Å². The van der Waals surface area contributed by atoms with Crippen LogP contribution in [0.1, 0.15) is 5.56 Å². The van der Waals surface area contributed by atoms with E-state index in [1.54, 1.807) is 30.3 Å². The lowest BCUT2D eigenvalue weighted by Crippen LogP contribution is -2.34. The summed E-state index contributed by atoms with van der Waals surface area (Å²) in [6.07, 6.45) is 0.345. The van der Waals surface area contributed by atoms with E-state index in [1.807, 2.05) is 0 Å². The zero-order valence-corrected chi connectivity index (χ0v) is 14.3. The number of carbonyl (C=O) groups excluding carboxylic acids is 1. The van der Waals surface area contributed by atoms with E-state index >= 15 is 0 Å². The minimum Gasteiger partial charge on any atom is -0.431 e. The van der Waals surface area contributed by atoms with Gasteiger partial charge in [-0.3, -0.25) is 10.1 Å². The molecule has 0 saturated carbocycles. The largest absolute Gasteiger partial charge is 0.431 e. The van der Waals surface area contributed by atoms with E-state index in [0.29, 0.717) is 9.87 Å². The van der Waals surface area contributed by atoms with E-state index in [2.05, 4.69) is 6.58 Å². The molecule has 3 rings (SSSR count). The van der Waals surface area contributed by atoms with Gasteiger partial charge < -0.3 is 4.74 Å². The Morgan fingerprint density at radius 3 is 2.31 bits per heavy atom. The molecule has 0 spiro atoms. The molecule has 2 aromatic rings. The number of amides is 1. The Morgan fingerprint density at radius 2 is 1.77 bits per heavy atom. The van der Waals surface area contributed by atoms with Crippen LogP contribution < -0.4 is 0 Å². The Morgan fingerprint density at radius 1 is 1.15 bits per heavy atom. The fraction of sp³-hybridized carbons (Fsp3) is 0.118. The molecule has 1 aliphatic rings. The Balaban J connectivity index is 1.97. The van der Waals surface area contributed by atoms with Gasteiger partial charge in [0.25, 0.3) is 15.7 Å². The third-order valence-electron chi connectivity index (χ3n) is 4.08. The Bertz CT molecular complexity index is 972. The van der Waals surface area contributed by atoms with Crippen LogP contribution in [-0.2, 0) is 20.4 Å². The van der Waals surface area contributed by atoms with Crippen LogP contribution in [0.5, 0.6) is 0 Å². The van der Waals surface area contributed by atoms with Gasteiger partial charge in [-0.05, 0) is 18.2 Å². The number of sulfonamides is 1. The van der Waals surface area contributed by atoms with Gasteiger partial charge in [-0.15, -0.1) is 0 Å². The van der Waals surface area contributed by atoms with Crippen molar-refractivity contribution in [2.24, 2.45) is 0 Å². The van der Waals surface area contributed by atoms with Gasteiger partial charge >= 0.3 is 6.09 Å². The normalized spacial score (nSPS) is 19.8. The van der Waals surface area contributed by atoms with Gasteiger partial charge in [0, 0.05) is 17.7 Å². The van der Waals surface area contributed by atoms with Crippen molar-refractivity contribution < 1.29 is 22.9 Å². The fourth-order valence-corrected chi connectivity index (χ4v) is 3.99. The average molecular weight is 374 g/mol. The number of non-ortho nitro benzene ring substituents is 1. The molecule has 1 aliphatic heterocycles. The molecule has 1 heterocycles. The number of nitrogens with zero attached hydrogens (tertiary/aromatic N) is 2. The van der Waals surface area contributed by atoms with Crippen LogP contribution in [0.3, 0.4) is 0 Å². The maximum Gasteiger partial charge on any atom is 0.425 e. The van der Waals surface area contributed by atoms with Crippen molar-refractivity contribution in [1.29, 1.82) is 0 Å². The van der Waals surface area contributed by atoms with Gasteiger partial charge in [0.1, 0.15) is 0 Å². The third kappa shape index (κ3) is 2.82. The Kier molecular flexibility index (Phi) is 4.25. The summed E-state index contributed by atoms with van der Waals surface area (Å²) in [7, 11) is -4.23. The van der Waals surface area contributed by atoms with E-state index in [9.17, 15) is 23.3 Å². The molecule has 1 unspecified atom stereocenters. The summed E-state index contributed by atoms with van der Waals surface area (Å²) in [5.74, 6) is 0. The molecule has 0 bridgehead atoms. The summed E-state index contributed by atoms with van der Waals surface area (Å²) in [5, 5.41) is 10.7. The second kappa shape index (κ2) is 6.26. The number of benzene rings is 2. The summed E-state index contributed by atoms with van der Waals surface area (Å²) < 4.78 is 31.5. The lowest BCUT2D eigenvalue weighted by Gasteiger charge is -2.23. The topological polar surface area (TPSA) is 107 Å². The van der Waals surface area contributed by atoms with Crippen LogP contribution in [0.15, 0.2) is 72.1 Å². The number of ether oxygens (including phenoxy) is 1. The van der Waals surface area contributed by atoms with Crippen molar-refractivity contribution in [1.82, 2.24) is 4.31 Å². The second-order valence-electron chi connectivity index (χ2n) is 5.59. The monoisotopic (exact) mass is 374 g/mol. The van der Waals surface area contributed by atoms with E-state index in [0.717, 1.165) is 24.3 Å². The highest BCUT2D eigenvalue weighted by Gasteiger charge is 2.49. The summed E-state index contributed by atoms with van der Waals surface area (Å²) >= 11 is 0. The standard InChI is InChI=1S/C17H14N2O6S/c1-2-17(13-6-4-3-5-7-13)12-18(16(20)25-17)26(23,24)15-10-8-14(9-11-15)19(21)22/h2-11H,1,12H2. The van der Waals surface area contributed by atoms with Gasteiger partial charge in [-0.1, -0.05) is 36.9 Å². The summed E-state index contributed by atoms with van der Waals surface area (Å²) in [5.41, 5.74) is -0.964. The van der Waals surface area contributed by atoms with E-state index in [4.69, 9.17) is 4.74 Å². The highest BCUT2D eigenvalue weighted by Crippen LogP contribution is 2.37. The van der Waals surface area contributed by atoms with E-state index in [1.165, 1.54) is 6.08 Å². The van der Waals surface area contributed by atoms with E-state index in [-0.39, 0.29) is 17.1 Å². The summed E-state index contributed by atoms with van der Waals surface area (Å²) in [6, 6.07) is 13.0. The molecule has 0 radical (unpaired) electrons. The highest BCUT2D eigenvalue weighted by molar-refractivity contribution is 7.89. The first-order chi connectivity index (χ1) is 12.3. The van der Waals surface area contributed by atoms with Crippen LogP contribution >= 0.6 is 0 Å². The fourth-order valence-electron chi connectivity index (χ4n) is 2.66. The smallest absolute Gasteiger partial charge is 0.425 e. The van der Waals surface area contributed by atoms with Crippen molar-refractivity contribution >= 4 is 21.8 Å². The predicted molar refractivity (Wildman–Crippen MR) is 91.8 cm³/mol. The van der Waals surface area contributed by atoms with Gasteiger partial charge in [0.05, 0.1) is 16.4 Å². The second-order valence-corrected chi connectivity index (χ2v) is 7.45. The molecule has 1 amide bonds. The van der Waals surface area contributed by atoms with Crippen LogP contribution in [0.4, 0.5) is 10.5 Å². The van der Waals surface area contributed by atoms with Gasteiger partial charge in [-0.2, -0.15) is 4.31 Å². The molecule has 0 N–H and O–H groups in total. The van der Waals surface area contributed by atoms with Crippen LogP contribution in [-0.4, -0.2) is 30.3 Å². The molecule has 2 aromatic carbocycles. The maximum atomic E-state index is 12.8. The molecule has 134 valence electrons. The molecule has 1 fully saturated rings. The maximum absolute atomic E-state index is 12.8. The number of rotatable bonds is 5. The first-order valence-electron chi connectivity index (χ1n) is 7.49. The SMILES string of the molecule is C=CC1(c2ccccc2)CN(S(=O)(=O)c2ccc([N+](=O)[O-])cc2)C(=O)O1. The van der Waals surface area contributed by atoms with Crippen molar-refractivity contribution in [2.45, 2.75) is 10.5 Å². The zero-order chi connectivity index (χ0) is 18.9. The van der Waals surface area contributed by atoms with E-state index < -0.39 is 26.6 Å². The molecule has 9 heteroatoms. The molecule has 1 atom stereocenters.